The number of nitrogens with zero attached hydrogens (tertiary/aromatic N) is 6. The smallest absolute Gasteiger partial charge is 0.285 e. The van der Waals surface area contributed by atoms with Crippen LogP contribution in [0.15, 0.2) is 41.5 Å². The first-order valence-corrected chi connectivity index (χ1v) is 15.1. The Balaban J connectivity index is 1.49. The number of sulfonamides is 1. The van der Waals surface area contributed by atoms with Crippen molar-refractivity contribution in [3.05, 3.63) is 69.2 Å². The van der Waals surface area contributed by atoms with Gasteiger partial charge in [-0.05, 0) is 31.2 Å². The lowest BCUT2D eigenvalue weighted by Crippen LogP contribution is -2.32. The number of fused-ring (bicyclic) bond motifs is 1. The Morgan fingerprint density at radius 2 is 2.00 bits per heavy atom. The van der Waals surface area contributed by atoms with Crippen molar-refractivity contribution < 1.29 is 22.3 Å². The number of aromatic nitrogens is 5. The fourth-order valence-electron chi connectivity index (χ4n) is 4.88. The average molecular weight is 619 g/mol. The highest BCUT2D eigenvalue weighted by atomic mass is 35.5. The number of rotatable bonds is 8. The average Bonchev–Trinajstić information content (AvgIpc) is 3.54. The monoisotopic (exact) mass is 618 g/mol. The summed E-state index contributed by atoms with van der Waals surface area (Å²) in [7, 11) is -0.503. The number of pyridine rings is 1. The van der Waals surface area contributed by atoms with Gasteiger partial charge in [-0.1, -0.05) is 11.6 Å². The third-order valence-electron chi connectivity index (χ3n) is 6.76. The SMILES string of the molecule is C[C@@H](Nc1ccc(Cl)nc1C(=O)NS(C)(=O)=O)c1cc(F)cc2c(=O)n(C)c(N3CC[C@H](Oc4cnn(C)c4)C3)nc12. The van der Waals surface area contributed by atoms with E-state index in [4.69, 9.17) is 21.3 Å². The molecule has 1 saturated heterocycles. The zero-order valence-corrected chi connectivity index (χ0v) is 24.7. The standard InChI is InChI=1S/C26H28ClFN8O5S/c1-14(30-20-5-6-21(27)31-23(20)24(37)33-42(4,39)40)18-9-15(28)10-19-22(18)32-26(35(3)25(19)38)36-8-7-16(13-36)41-17-11-29-34(2)12-17/h5-6,9-12,14,16,30H,7-8,13H2,1-4H3,(H,33,37)/t14-,16+/m1/s1. The number of halogens is 2. The Labute approximate surface area is 245 Å². The number of benzene rings is 1. The van der Waals surface area contributed by atoms with Crippen LogP contribution >= 0.6 is 11.6 Å². The minimum atomic E-state index is -3.88. The highest BCUT2D eigenvalue weighted by molar-refractivity contribution is 7.89. The van der Waals surface area contributed by atoms with Crippen molar-refractivity contribution in [3.8, 4) is 5.75 Å². The molecule has 0 saturated carbocycles. The van der Waals surface area contributed by atoms with Crippen LogP contribution in [0.1, 0.15) is 35.4 Å². The summed E-state index contributed by atoms with van der Waals surface area (Å²) in [6.45, 7) is 2.74. The van der Waals surface area contributed by atoms with E-state index in [1.165, 1.54) is 22.8 Å². The number of carbonyl (C=O) groups excluding carboxylic acids is 1. The summed E-state index contributed by atoms with van der Waals surface area (Å²) in [6, 6.07) is 4.56. The van der Waals surface area contributed by atoms with Crippen LogP contribution in [0.25, 0.3) is 10.9 Å². The molecule has 1 aromatic carbocycles. The van der Waals surface area contributed by atoms with Gasteiger partial charge in [0.1, 0.15) is 17.1 Å². The summed E-state index contributed by atoms with van der Waals surface area (Å²) in [5.41, 5.74) is 0.0538. The molecule has 2 atom stereocenters. The third kappa shape index (κ3) is 6.16. The highest BCUT2D eigenvalue weighted by Crippen LogP contribution is 2.30. The van der Waals surface area contributed by atoms with Crippen molar-refractivity contribution in [3.63, 3.8) is 0 Å². The summed E-state index contributed by atoms with van der Waals surface area (Å²) in [5, 5.41) is 7.23. The Morgan fingerprint density at radius 1 is 1.24 bits per heavy atom. The molecule has 0 unspecified atom stereocenters. The van der Waals surface area contributed by atoms with Crippen molar-refractivity contribution in [2.75, 3.05) is 29.6 Å². The summed E-state index contributed by atoms with van der Waals surface area (Å²) in [4.78, 5) is 36.8. The van der Waals surface area contributed by atoms with Gasteiger partial charge in [-0.25, -0.2) is 27.5 Å². The maximum Gasteiger partial charge on any atom is 0.285 e. The summed E-state index contributed by atoms with van der Waals surface area (Å²) in [5.74, 6) is -0.603. The van der Waals surface area contributed by atoms with Crippen LogP contribution in [0.5, 0.6) is 5.75 Å². The molecule has 0 bridgehead atoms. The van der Waals surface area contributed by atoms with E-state index in [0.29, 0.717) is 36.8 Å². The minimum absolute atomic E-state index is 0.0331. The number of aryl methyl sites for hydroxylation is 1. The largest absolute Gasteiger partial charge is 0.485 e. The quantitative estimate of drug-likeness (QED) is 0.281. The predicted octanol–water partition coefficient (Wildman–Crippen LogP) is 2.37. The highest BCUT2D eigenvalue weighted by Gasteiger charge is 2.29. The number of amides is 1. The molecular formula is C26H28ClFN8O5S. The fourth-order valence-corrected chi connectivity index (χ4v) is 5.46. The second-order valence-corrected chi connectivity index (χ2v) is 12.2. The van der Waals surface area contributed by atoms with E-state index in [1.54, 1.807) is 38.1 Å². The summed E-state index contributed by atoms with van der Waals surface area (Å²) in [6.07, 6.45) is 4.78. The molecule has 13 nitrogen and oxygen atoms in total. The molecule has 0 aliphatic carbocycles. The van der Waals surface area contributed by atoms with E-state index in [0.717, 1.165) is 12.3 Å². The van der Waals surface area contributed by atoms with Crippen LogP contribution in [-0.4, -0.2) is 64.1 Å². The molecule has 1 amide bonds. The lowest BCUT2D eigenvalue weighted by Gasteiger charge is -2.23. The molecule has 1 aliphatic rings. The van der Waals surface area contributed by atoms with Gasteiger partial charge in [0, 0.05) is 32.6 Å². The number of anilines is 2. The lowest BCUT2D eigenvalue weighted by molar-refractivity contribution is 0.0977. The molecule has 2 N–H and O–H groups in total. The molecule has 5 rings (SSSR count). The Bertz CT molecular complexity index is 1860. The van der Waals surface area contributed by atoms with Gasteiger partial charge >= 0.3 is 0 Å². The molecule has 0 radical (unpaired) electrons. The number of hydrogen-bond donors (Lipinski definition) is 2. The van der Waals surface area contributed by atoms with Gasteiger partial charge in [0.2, 0.25) is 16.0 Å². The maximum atomic E-state index is 14.8. The zero-order chi connectivity index (χ0) is 30.3. The van der Waals surface area contributed by atoms with Gasteiger partial charge < -0.3 is 15.0 Å². The van der Waals surface area contributed by atoms with Gasteiger partial charge in [0.15, 0.2) is 11.4 Å². The molecule has 4 aromatic rings. The van der Waals surface area contributed by atoms with E-state index < -0.39 is 33.3 Å². The topological polar surface area (TPSA) is 153 Å². The molecule has 3 aromatic heterocycles. The predicted molar refractivity (Wildman–Crippen MR) is 155 cm³/mol. The van der Waals surface area contributed by atoms with Crippen LogP contribution in [0.3, 0.4) is 0 Å². The van der Waals surface area contributed by atoms with Gasteiger partial charge in [0.05, 0.1) is 47.8 Å². The molecule has 16 heteroatoms. The van der Waals surface area contributed by atoms with E-state index in [-0.39, 0.29) is 33.5 Å². The molecule has 4 heterocycles. The van der Waals surface area contributed by atoms with Crippen molar-refractivity contribution >= 4 is 50.1 Å². The van der Waals surface area contributed by atoms with Crippen molar-refractivity contribution in [1.29, 1.82) is 0 Å². The molecule has 0 spiro atoms. The van der Waals surface area contributed by atoms with Gasteiger partial charge in [0.25, 0.3) is 11.5 Å². The third-order valence-corrected chi connectivity index (χ3v) is 7.52. The van der Waals surface area contributed by atoms with Crippen LogP contribution in [0, 0.1) is 5.82 Å². The molecule has 1 fully saturated rings. The first-order valence-electron chi connectivity index (χ1n) is 12.8. The molecule has 42 heavy (non-hydrogen) atoms. The van der Waals surface area contributed by atoms with Crippen LogP contribution in [0.2, 0.25) is 5.15 Å². The molecule has 1 aliphatic heterocycles. The first-order chi connectivity index (χ1) is 19.8. The number of nitrogens with one attached hydrogen (secondary N) is 2. The van der Waals surface area contributed by atoms with E-state index in [1.807, 2.05) is 9.62 Å². The summed E-state index contributed by atoms with van der Waals surface area (Å²) >= 11 is 5.97. The first kappa shape index (κ1) is 29.3. The van der Waals surface area contributed by atoms with Crippen molar-refractivity contribution in [2.24, 2.45) is 14.1 Å². The van der Waals surface area contributed by atoms with Crippen LogP contribution < -0.4 is 25.2 Å². The molecular weight excluding hydrogens is 591 g/mol. The van der Waals surface area contributed by atoms with Crippen molar-refractivity contribution in [1.82, 2.24) is 29.0 Å². The molecule has 222 valence electrons. The van der Waals surface area contributed by atoms with E-state index in [2.05, 4.69) is 15.4 Å². The van der Waals surface area contributed by atoms with Crippen molar-refractivity contribution in [2.45, 2.75) is 25.5 Å². The normalized spacial score (nSPS) is 16.0. The number of carbonyl (C=O) groups is 1. The van der Waals surface area contributed by atoms with Gasteiger partial charge in [-0.2, -0.15) is 5.10 Å². The Hall–Kier alpha value is -4.24. The summed E-state index contributed by atoms with van der Waals surface area (Å²) < 4.78 is 49.0. The Morgan fingerprint density at radius 3 is 2.69 bits per heavy atom. The number of ether oxygens (including phenoxy) is 1. The van der Waals surface area contributed by atoms with Crippen LogP contribution in [-0.2, 0) is 24.1 Å². The second kappa shape index (κ2) is 11.2. The van der Waals surface area contributed by atoms with Gasteiger partial charge in [-0.15, -0.1) is 0 Å². The lowest BCUT2D eigenvalue weighted by atomic mass is 10.0. The van der Waals surface area contributed by atoms with E-state index >= 15 is 0 Å². The fraction of sp³-hybridized carbons (Fsp3) is 0.346. The Kier molecular flexibility index (Phi) is 7.81. The van der Waals surface area contributed by atoms with Crippen LogP contribution in [0.4, 0.5) is 16.0 Å². The van der Waals surface area contributed by atoms with Gasteiger partial charge in [-0.3, -0.25) is 18.8 Å². The zero-order valence-electron chi connectivity index (χ0n) is 23.1. The second-order valence-electron chi connectivity index (χ2n) is 10.1. The van der Waals surface area contributed by atoms with E-state index in [9.17, 15) is 22.4 Å². The number of hydrogen-bond acceptors (Lipinski definition) is 10. The minimum Gasteiger partial charge on any atom is -0.485 e. The maximum absolute atomic E-state index is 14.8.